The molecule has 0 saturated carbocycles. The van der Waals surface area contributed by atoms with E-state index in [0.29, 0.717) is 28.3 Å². The molecule has 41 heavy (non-hydrogen) atoms. The Kier molecular flexibility index (Phi) is 8.51. The molecule has 0 aliphatic carbocycles. The lowest BCUT2D eigenvalue weighted by molar-refractivity contribution is 0.100. The number of amidine groups is 1. The number of rotatable bonds is 8. The smallest absolute Gasteiger partial charge is 0.281 e. The molecule has 2 aliphatic heterocycles. The van der Waals surface area contributed by atoms with E-state index in [1.54, 1.807) is 24.3 Å². The summed E-state index contributed by atoms with van der Waals surface area (Å²) in [5.74, 6) is -1.27. The molecule has 2 fully saturated rings. The van der Waals surface area contributed by atoms with Crippen molar-refractivity contribution >= 4 is 28.8 Å². The highest BCUT2D eigenvalue weighted by atomic mass is 19.1. The molecule has 2 aliphatic rings. The number of hydrogen-bond donors (Lipinski definition) is 3. The van der Waals surface area contributed by atoms with E-state index in [0.717, 1.165) is 68.8 Å². The monoisotopic (exact) mass is 561 g/mol. The second-order valence-electron chi connectivity index (χ2n) is 11.2. The van der Waals surface area contributed by atoms with Crippen molar-refractivity contribution in [1.82, 2.24) is 9.80 Å². The van der Waals surface area contributed by atoms with Crippen LogP contribution in [0.1, 0.15) is 27.0 Å². The first-order valence-electron chi connectivity index (χ1n) is 13.9. The van der Waals surface area contributed by atoms with Gasteiger partial charge >= 0.3 is 0 Å². The number of nitrogens with one attached hydrogen (secondary N) is 1. The number of carbonyl (C=O) groups is 1. The van der Waals surface area contributed by atoms with Crippen molar-refractivity contribution < 1.29 is 13.6 Å². The molecule has 5 N–H and O–H groups in total. The van der Waals surface area contributed by atoms with Crippen LogP contribution in [0.4, 0.5) is 25.8 Å². The van der Waals surface area contributed by atoms with Crippen molar-refractivity contribution in [2.45, 2.75) is 6.42 Å². The Bertz CT molecular complexity index is 1430. The van der Waals surface area contributed by atoms with Crippen molar-refractivity contribution in [1.29, 1.82) is 0 Å². The zero-order chi connectivity index (χ0) is 29.1. The summed E-state index contributed by atoms with van der Waals surface area (Å²) in [5, 5.41) is 3.49. The topological polar surface area (TPSA) is 103 Å². The Morgan fingerprint density at radius 2 is 1.61 bits per heavy atom. The van der Waals surface area contributed by atoms with Gasteiger partial charge in [0.2, 0.25) is 0 Å². The third kappa shape index (κ3) is 7.01. The molecular weight excluding hydrogens is 524 g/mol. The first kappa shape index (κ1) is 28.5. The van der Waals surface area contributed by atoms with Crippen LogP contribution in [-0.2, 0) is 6.42 Å². The van der Waals surface area contributed by atoms with Crippen LogP contribution >= 0.6 is 0 Å². The van der Waals surface area contributed by atoms with Gasteiger partial charge in [0.1, 0.15) is 17.5 Å². The molecule has 10 heteroatoms. The van der Waals surface area contributed by atoms with Gasteiger partial charge in [0.05, 0.1) is 5.56 Å². The summed E-state index contributed by atoms with van der Waals surface area (Å²) < 4.78 is 27.4. The van der Waals surface area contributed by atoms with Gasteiger partial charge in [-0.15, -0.1) is 0 Å². The molecule has 0 atom stereocenters. The summed E-state index contributed by atoms with van der Waals surface area (Å²) in [4.78, 5) is 24.6. The number of nitrogen functional groups attached to an aromatic ring is 1. The highest BCUT2D eigenvalue weighted by Gasteiger charge is 2.24. The summed E-state index contributed by atoms with van der Waals surface area (Å²) in [7, 11) is 4.21. The van der Waals surface area contributed by atoms with Crippen LogP contribution in [0, 0.1) is 17.6 Å². The fraction of sp³-hybridized carbons (Fsp3) is 0.355. The number of nitrogens with zero attached hydrogens (tertiary/aromatic N) is 4. The lowest BCUT2D eigenvalue weighted by Crippen LogP contribution is -2.46. The number of benzene rings is 3. The van der Waals surface area contributed by atoms with Crippen LogP contribution in [0.3, 0.4) is 0 Å². The Labute approximate surface area is 239 Å². The third-order valence-electron chi connectivity index (χ3n) is 7.77. The van der Waals surface area contributed by atoms with Crippen molar-refractivity contribution in [3.8, 4) is 0 Å². The van der Waals surface area contributed by atoms with Gasteiger partial charge in [0, 0.05) is 80.4 Å². The van der Waals surface area contributed by atoms with E-state index in [2.05, 4.69) is 39.1 Å². The van der Waals surface area contributed by atoms with E-state index < -0.39 is 17.5 Å². The van der Waals surface area contributed by atoms with Gasteiger partial charge in [0.15, 0.2) is 0 Å². The molecule has 3 aromatic carbocycles. The van der Waals surface area contributed by atoms with Gasteiger partial charge in [-0.3, -0.25) is 4.79 Å². The Morgan fingerprint density at radius 3 is 2.29 bits per heavy atom. The first-order valence-corrected chi connectivity index (χ1v) is 13.9. The molecule has 2 saturated heterocycles. The lowest BCUT2D eigenvalue weighted by atomic mass is 10.0. The van der Waals surface area contributed by atoms with Crippen LogP contribution in [0.5, 0.6) is 0 Å². The Hall–Kier alpha value is -4.02. The van der Waals surface area contributed by atoms with E-state index in [1.165, 1.54) is 12.1 Å². The van der Waals surface area contributed by atoms with Gasteiger partial charge in [-0.25, -0.2) is 8.78 Å². The highest BCUT2D eigenvalue weighted by molar-refractivity contribution is 6.12. The number of aliphatic imine (C=N–C) groups is 1. The number of likely N-dealkylation sites (N-methyl/N-ethyl adjacent to an activating group) is 1. The van der Waals surface area contributed by atoms with E-state index in [9.17, 15) is 13.6 Å². The zero-order valence-corrected chi connectivity index (χ0v) is 23.5. The average Bonchev–Trinajstić information content (AvgIpc) is 2.91. The van der Waals surface area contributed by atoms with Gasteiger partial charge in [0.25, 0.3) is 5.91 Å². The molecule has 3 aromatic rings. The van der Waals surface area contributed by atoms with E-state index in [-0.39, 0.29) is 12.3 Å². The minimum Gasteiger partial charge on any atom is -0.398 e. The number of likely N-dealkylation sites (tertiary alicyclic amines) is 1. The Morgan fingerprint density at radius 1 is 0.902 bits per heavy atom. The van der Waals surface area contributed by atoms with Crippen molar-refractivity contribution in [3.63, 3.8) is 0 Å². The molecule has 0 aromatic heterocycles. The molecule has 2 heterocycles. The van der Waals surface area contributed by atoms with Crippen molar-refractivity contribution in [2.75, 3.05) is 75.9 Å². The normalized spacial score (nSPS) is 17.0. The molecule has 0 bridgehead atoms. The average molecular weight is 562 g/mol. The summed E-state index contributed by atoms with van der Waals surface area (Å²) >= 11 is 0. The SMILES string of the molecule is CN1CCN(c2ccc(C(=O)N=C(N)c3cc(Cc4cc(F)cc(F)c4)ccc3N)c(NCC3CN(C)C3)c2)CC1. The van der Waals surface area contributed by atoms with Crippen molar-refractivity contribution in [2.24, 2.45) is 16.6 Å². The van der Waals surface area contributed by atoms with Crippen LogP contribution in [0.15, 0.2) is 59.6 Å². The summed E-state index contributed by atoms with van der Waals surface area (Å²) in [6, 6.07) is 14.3. The standard InChI is InChI=1S/C31H37F2N7O/c1-38-7-9-40(10-8-38)25-4-5-26(29(16-25)36-17-22-18-39(2)19-22)31(41)37-30(35)27-14-20(3-6-28(27)34)11-21-12-23(32)15-24(33)13-21/h3-6,12-16,22,36H,7-11,17-19,34H2,1-2H3,(H2,35,37,41). The van der Waals surface area contributed by atoms with Gasteiger partial charge in [-0.05, 0) is 74.1 Å². The molecule has 8 nitrogen and oxygen atoms in total. The predicted molar refractivity (Wildman–Crippen MR) is 161 cm³/mol. The maximum Gasteiger partial charge on any atom is 0.281 e. The lowest BCUT2D eigenvalue weighted by Gasteiger charge is -2.37. The predicted octanol–water partition coefficient (Wildman–Crippen LogP) is 3.41. The summed E-state index contributed by atoms with van der Waals surface area (Å²) in [6.07, 6.45) is 0.265. The van der Waals surface area contributed by atoms with Crippen molar-refractivity contribution in [3.05, 3.63) is 88.5 Å². The number of amides is 1. The van der Waals surface area contributed by atoms with E-state index in [1.807, 2.05) is 12.1 Å². The minimum absolute atomic E-state index is 0.0190. The zero-order valence-electron chi connectivity index (χ0n) is 23.5. The second kappa shape index (κ2) is 12.2. The molecule has 0 radical (unpaired) electrons. The van der Waals surface area contributed by atoms with Gasteiger partial charge < -0.3 is 31.5 Å². The fourth-order valence-corrected chi connectivity index (χ4v) is 5.45. The molecule has 0 spiro atoms. The van der Waals surface area contributed by atoms with Crippen LogP contribution in [0.2, 0.25) is 0 Å². The molecule has 0 unspecified atom stereocenters. The number of hydrogen-bond acceptors (Lipinski definition) is 6. The fourth-order valence-electron chi connectivity index (χ4n) is 5.45. The summed E-state index contributed by atoms with van der Waals surface area (Å²) in [6.45, 7) is 6.57. The van der Waals surface area contributed by atoms with Crippen LogP contribution in [0.25, 0.3) is 0 Å². The van der Waals surface area contributed by atoms with E-state index >= 15 is 0 Å². The molecule has 216 valence electrons. The van der Waals surface area contributed by atoms with Crippen LogP contribution in [-0.4, -0.2) is 81.5 Å². The number of anilines is 3. The number of piperazine rings is 1. The largest absolute Gasteiger partial charge is 0.398 e. The molecule has 5 rings (SSSR count). The number of nitrogens with two attached hydrogens (primary N) is 2. The first-order chi connectivity index (χ1) is 19.6. The quantitative estimate of drug-likeness (QED) is 0.220. The Balaban J connectivity index is 1.38. The highest BCUT2D eigenvalue weighted by Crippen LogP contribution is 2.27. The molecular formula is C31H37F2N7O. The third-order valence-corrected chi connectivity index (χ3v) is 7.77. The van der Waals surface area contributed by atoms with Gasteiger partial charge in [-0.1, -0.05) is 6.07 Å². The number of halogens is 2. The molecule has 1 amide bonds. The summed E-state index contributed by atoms with van der Waals surface area (Å²) in [5.41, 5.74) is 16.7. The van der Waals surface area contributed by atoms with Crippen LogP contribution < -0.4 is 21.7 Å². The van der Waals surface area contributed by atoms with E-state index in [4.69, 9.17) is 11.5 Å². The van der Waals surface area contributed by atoms with Gasteiger partial charge in [-0.2, -0.15) is 4.99 Å². The number of carbonyl (C=O) groups excluding carboxylic acids is 1. The second-order valence-corrected chi connectivity index (χ2v) is 11.2. The maximum atomic E-state index is 13.7. The maximum absolute atomic E-state index is 13.7. The minimum atomic E-state index is -0.644.